The molecule has 1 atom stereocenters. The van der Waals surface area contributed by atoms with E-state index in [0.29, 0.717) is 11.6 Å². The van der Waals surface area contributed by atoms with Gasteiger partial charge in [0.15, 0.2) is 0 Å². The van der Waals surface area contributed by atoms with Crippen LogP contribution in [0.2, 0.25) is 0 Å². The molecule has 1 aromatic carbocycles. The third kappa shape index (κ3) is 3.63. The molecule has 1 unspecified atom stereocenters. The molecule has 0 aliphatic heterocycles. The van der Waals surface area contributed by atoms with E-state index in [2.05, 4.69) is 4.98 Å². The maximum atomic E-state index is 11.1. The first kappa shape index (κ1) is 14.7. The van der Waals surface area contributed by atoms with Gasteiger partial charge in [0.2, 0.25) is 5.89 Å². The molecule has 20 heavy (non-hydrogen) atoms. The molecule has 0 radical (unpaired) electrons. The zero-order chi connectivity index (χ0) is 14.5. The molecule has 0 spiro atoms. The number of aromatic nitrogens is 1. The van der Waals surface area contributed by atoms with E-state index in [4.69, 9.17) is 9.52 Å². The Morgan fingerprint density at radius 1 is 1.35 bits per heavy atom. The first-order valence-electron chi connectivity index (χ1n) is 6.42. The van der Waals surface area contributed by atoms with Gasteiger partial charge in [0.25, 0.3) is 0 Å². The number of benzene rings is 1. The van der Waals surface area contributed by atoms with Crippen LogP contribution < -0.4 is 0 Å². The number of carbonyl (C=O) groups is 1. The highest BCUT2D eigenvalue weighted by Crippen LogP contribution is 2.25. The fraction of sp³-hybridized carbons (Fsp3) is 0.333. The van der Waals surface area contributed by atoms with Crippen molar-refractivity contribution in [1.82, 2.24) is 4.98 Å². The highest BCUT2D eigenvalue weighted by Gasteiger charge is 2.22. The number of aliphatic carboxylic acids is 1. The minimum Gasteiger partial charge on any atom is -0.480 e. The standard InChI is InChI=1S/C15H17NO3S/c1-10(2)13(15(17)18)20-9-12-8-19-14(16-12)11-6-4-3-5-7-11/h3-8,10,13H,9H2,1-2H3,(H,17,18). The molecule has 0 bridgehead atoms. The van der Waals surface area contributed by atoms with Crippen LogP contribution in [0.15, 0.2) is 41.0 Å². The first-order valence-corrected chi connectivity index (χ1v) is 7.47. The molecule has 0 amide bonds. The van der Waals surface area contributed by atoms with Crippen LogP contribution in [0.25, 0.3) is 11.5 Å². The Kier molecular flexibility index (Phi) is 4.84. The molecule has 0 saturated heterocycles. The van der Waals surface area contributed by atoms with Crippen molar-refractivity contribution in [3.63, 3.8) is 0 Å². The summed E-state index contributed by atoms with van der Waals surface area (Å²) in [5, 5.41) is 8.72. The number of oxazole rings is 1. The Bertz CT molecular complexity index is 566. The van der Waals surface area contributed by atoms with E-state index in [9.17, 15) is 4.79 Å². The van der Waals surface area contributed by atoms with Gasteiger partial charge in [0.05, 0.1) is 5.69 Å². The van der Waals surface area contributed by atoms with Crippen LogP contribution in [-0.2, 0) is 10.5 Å². The lowest BCUT2D eigenvalue weighted by atomic mass is 10.1. The van der Waals surface area contributed by atoms with Gasteiger partial charge in [0, 0.05) is 11.3 Å². The van der Waals surface area contributed by atoms with Gasteiger partial charge in [-0.05, 0) is 18.1 Å². The van der Waals surface area contributed by atoms with E-state index in [1.165, 1.54) is 11.8 Å². The summed E-state index contributed by atoms with van der Waals surface area (Å²) >= 11 is 1.38. The molecule has 106 valence electrons. The predicted octanol–water partition coefficient (Wildman–Crippen LogP) is 3.68. The average Bonchev–Trinajstić information content (AvgIpc) is 2.88. The molecular weight excluding hydrogens is 274 g/mol. The Balaban J connectivity index is 2.02. The third-order valence-electron chi connectivity index (χ3n) is 2.83. The molecule has 1 N–H and O–H groups in total. The Labute approximate surface area is 122 Å². The molecule has 5 heteroatoms. The Morgan fingerprint density at radius 2 is 2.05 bits per heavy atom. The minimum atomic E-state index is -0.781. The van der Waals surface area contributed by atoms with Gasteiger partial charge in [-0.15, -0.1) is 11.8 Å². The van der Waals surface area contributed by atoms with Crippen molar-refractivity contribution < 1.29 is 14.3 Å². The number of thioether (sulfide) groups is 1. The molecule has 1 heterocycles. The number of carboxylic acids is 1. The van der Waals surface area contributed by atoms with Crippen molar-refractivity contribution in [2.75, 3.05) is 0 Å². The number of hydrogen-bond acceptors (Lipinski definition) is 4. The molecule has 2 rings (SSSR count). The summed E-state index contributed by atoms with van der Waals surface area (Å²) in [5.74, 6) is 0.401. The van der Waals surface area contributed by atoms with E-state index in [1.54, 1.807) is 6.26 Å². The van der Waals surface area contributed by atoms with Gasteiger partial charge in [-0.2, -0.15) is 0 Å². The normalized spacial score (nSPS) is 12.6. The second kappa shape index (κ2) is 6.61. The van der Waals surface area contributed by atoms with Crippen LogP contribution in [0, 0.1) is 5.92 Å². The lowest BCUT2D eigenvalue weighted by Crippen LogP contribution is -2.22. The molecule has 0 saturated carbocycles. The summed E-state index contributed by atoms with van der Waals surface area (Å²) < 4.78 is 5.43. The predicted molar refractivity (Wildman–Crippen MR) is 79.5 cm³/mol. The Hall–Kier alpha value is -1.75. The smallest absolute Gasteiger partial charge is 0.316 e. The summed E-state index contributed by atoms with van der Waals surface area (Å²) in [6.07, 6.45) is 1.59. The molecular formula is C15H17NO3S. The van der Waals surface area contributed by atoms with Crippen LogP contribution in [0.4, 0.5) is 0 Å². The zero-order valence-corrected chi connectivity index (χ0v) is 12.3. The summed E-state index contributed by atoms with van der Waals surface area (Å²) in [6.45, 7) is 3.81. The minimum absolute atomic E-state index is 0.0815. The third-order valence-corrected chi connectivity index (χ3v) is 4.40. The van der Waals surface area contributed by atoms with E-state index < -0.39 is 11.2 Å². The van der Waals surface area contributed by atoms with Crippen molar-refractivity contribution in [1.29, 1.82) is 0 Å². The quantitative estimate of drug-likeness (QED) is 0.879. The van der Waals surface area contributed by atoms with Crippen LogP contribution in [-0.4, -0.2) is 21.3 Å². The van der Waals surface area contributed by atoms with Crippen molar-refractivity contribution >= 4 is 17.7 Å². The number of carboxylic acid groups (broad SMARTS) is 1. The summed E-state index contributed by atoms with van der Waals surface area (Å²) in [7, 11) is 0. The maximum Gasteiger partial charge on any atom is 0.316 e. The lowest BCUT2D eigenvalue weighted by Gasteiger charge is -2.14. The largest absolute Gasteiger partial charge is 0.480 e. The first-order chi connectivity index (χ1) is 9.58. The van der Waals surface area contributed by atoms with Crippen molar-refractivity contribution in [2.24, 2.45) is 5.92 Å². The van der Waals surface area contributed by atoms with Crippen molar-refractivity contribution in [3.8, 4) is 11.5 Å². The molecule has 0 aliphatic rings. The molecule has 1 aromatic heterocycles. The van der Waals surface area contributed by atoms with Crippen LogP contribution >= 0.6 is 11.8 Å². The van der Waals surface area contributed by atoms with Crippen molar-refractivity contribution in [3.05, 3.63) is 42.3 Å². The number of hydrogen-bond donors (Lipinski definition) is 1. The second-order valence-corrected chi connectivity index (χ2v) is 5.95. The highest BCUT2D eigenvalue weighted by molar-refractivity contribution is 7.99. The van der Waals surface area contributed by atoms with E-state index in [1.807, 2.05) is 44.2 Å². The van der Waals surface area contributed by atoms with Crippen LogP contribution in [0.5, 0.6) is 0 Å². The van der Waals surface area contributed by atoms with E-state index in [-0.39, 0.29) is 5.92 Å². The average molecular weight is 291 g/mol. The van der Waals surface area contributed by atoms with Gasteiger partial charge < -0.3 is 9.52 Å². The van der Waals surface area contributed by atoms with E-state index in [0.717, 1.165) is 11.3 Å². The maximum absolute atomic E-state index is 11.1. The molecule has 4 nitrogen and oxygen atoms in total. The van der Waals surface area contributed by atoms with Crippen LogP contribution in [0.3, 0.4) is 0 Å². The number of nitrogens with zero attached hydrogens (tertiary/aromatic N) is 1. The SMILES string of the molecule is CC(C)C(SCc1coc(-c2ccccc2)n1)C(=O)O. The summed E-state index contributed by atoms with van der Waals surface area (Å²) in [5.41, 5.74) is 1.68. The van der Waals surface area contributed by atoms with Gasteiger partial charge in [0.1, 0.15) is 11.5 Å². The summed E-state index contributed by atoms with van der Waals surface area (Å²) in [6, 6.07) is 9.64. The Morgan fingerprint density at radius 3 is 2.65 bits per heavy atom. The fourth-order valence-corrected chi connectivity index (χ4v) is 2.82. The van der Waals surface area contributed by atoms with Crippen molar-refractivity contribution in [2.45, 2.75) is 24.9 Å². The van der Waals surface area contributed by atoms with Crippen LogP contribution in [0.1, 0.15) is 19.5 Å². The van der Waals surface area contributed by atoms with Gasteiger partial charge >= 0.3 is 5.97 Å². The highest BCUT2D eigenvalue weighted by atomic mass is 32.2. The lowest BCUT2D eigenvalue weighted by molar-refractivity contribution is -0.137. The topological polar surface area (TPSA) is 63.3 Å². The monoisotopic (exact) mass is 291 g/mol. The molecule has 0 aliphatic carbocycles. The van der Waals surface area contributed by atoms with Gasteiger partial charge in [-0.1, -0.05) is 32.0 Å². The van der Waals surface area contributed by atoms with Gasteiger partial charge in [-0.3, -0.25) is 4.79 Å². The second-order valence-electron chi connectivity index (χ2n) is 4.82. The van der Waals surface area contributed by atoms with Gasteiger partial charge in [-0.25, -0.2) is 4.98 Å². The zero-order valence-electron chi connectivity index (χ0n) is 11.4. The fourth-order valence-electron chi connectivity index (χ4n) is 1.81. The molecule has 2 aromatic rings. The van der Waals surface area contributed by atoms with E-state index >= 15 is 0 Å². The molecule has 0 fully saturated rings. The number of rotatable bonds is 6. The summed E-state index contributed by atoms with van der Waals surface area (Å²) in [4.78, 5) is 15.5.